The molecule has 2 amide bonds. The van der Waals surface area contributed by atoms with Crippen LogP contribution in [0, 0.1) is 5.92 Å². The molecule has 2 aromatic carbocycles. The summed E-state index contributed by atoms with van der Waals surface area (Å²) >= 11 is 1.64. The molecule has 0 bridgehead atoms. The molecular weight excluding hydrogens is 392 g/mol. The highest BCUT2D eigenvalue weighted by Crippen LogP contribution is 2.42. The summed E-state index contributed by atoms with van der Waals surface area (Å²) in [5.41, 5.74) is 4.02. The standard InChI is InChI=1S/C25H30N2O2S/c1-2-18-9-5-12-22(15-18)27-24(29)17-30-25(27)20-10-6-11-21(16-20)26-23(28)14-13-19-7-3-4-8-19/h5-6,9-12,15-16,19,25H,2-4,7-8,13-14,17H2,1H3,(H,26,28). The minimum Gasteiger partial charge on any atom is -0.326 e. The van der Waals surface area contributed by atoms with Gasteiger partial charge in [0, 0.05) is 17.8 Å². The van der Waals surface area contributed by atoms with Crippen molar-refractivity contribution in [3.05, 3.63) is 59.7 Å². The van der Waals surface area contributed by atoms with Crippen molar-refractivity contribution in [2.45, 2.75) is 57.2 Å². The van der Waals surface area contributed by atoms with E-state index in [2.05, 4.69) is 24.4 Å². The molecular formula is C25H30N2O2S. The van der Waals surface area contributed by atoms with E-state index in [0.717, 1.165) is 35.7 Å². The summed E-state index contributed by atoms with van der Waals surface area (Å²) in [5.74, 6) is 1.40. The second kappa shape index (κ2) is 9.69. The number of thioether (sulfide) groups is 1. The number of benzene rings is 2. The molecule has 1 aliphatic heterocycles. The smallest absolute Gasteiger partial charge is 0.238 e. The van der Waals surface area contributed by atoms with Crippen LogP contribution in [0.25, 0.3) is 0 Å². The first-order valence-corrected chi connectivity index (χ1v) is 12.1. The van der Waals surface area contributed by atoms with Crippen molar-refractivity contribution in [3.63, 3.8) is 0 Å². The first kappa shape index (κ1) is 21.0. The highest BCUT2D eigenvalue weighted by Gasteiger charge is 2.34. The fraction of sp³-hybridized carbons (Fsp3) is 0.440. The highest BCUT2D eigenvalue weighted by atomic mass is 32.2. The van der Waals surface area contributed by atoms with E-state index in [1.54, 1.807) is 11.8 Å². The highest BCUT2D eigenvalue weighted by molar-refractivity contribution is 8.00. The number of carbonyl (C=O) groups is 2. The summed E-state index contributed by atoms with van der Waals surface area (Å²) < 4.78 is 0. The van der Waals surface area contributed by atoms with Gasteiger partial charge in [-0.3, -0.25) is 14.5 Å². The number of amides is 2. The summed E-state index contributed by atoms with van der Waals surface area (Å²) in [6.07, 6.45) is 7.67. The molecule has 1 atom stereocenters. The zero-order chi connectivity index (χ0) is 20.9. The van der Waals surface area contributed by atoms with Crippen molar-refractivity contribution in [3.8, 4) is 0 Å². The zero-order valence-electron chi connectivity index (χ0n) is 17.6. The number of hydrogen-bond acceptors (Lipinski definition) is 3. The van der Waals surface area contributed by atoms with E-state index in [9.17, 15) is 9.59 Å². The molecule has 2 aromatic rings. The lowest BCUT2D eigenvalue weighted by atomic mass is 10.0. The molecule has 30 heavy (non-hydrogen) atoms. The number of anilines is 2. The summed E-state index contributed by atoms with van der Waals surface area (Å²) in [7, 11) is 0. The van der Waals surface area contributed by atoms with Gasteiger partial charge >= 0.3 is 0 Å². The third-order valence-corrected chi connectivity index (χ3v) is 7.39. The van der Waals surface area contributed by atoms with Crippen LogP contribution in [0.1, 0.15) is 61.9 Å². The predicted octanol–water partition coefficient (Wildman–Crippen LogP) is 5.94. The van der Waals surface area contributed by atoms with Crippen LogP contribution in [-0.2, 0) is 16.0 Å². The second-order valence-corrected chi connectivity index (χ2v) is 9.38. The van der Waals surface area contributed by atoms with E-state index in [1.807, 2.05) is 41.3 Å². The SMILES string of the molecule is CCc1cccc(N2C(=O)CSC2c2cccc(NC(=O)CCC3CCCC3)c2)c1. The number of nitrogens with one attached hydrogen (secondary N) is 1. The average molecular weight is 423 g/mol. The third kappa shape index (κ3) is 4.89. The molecule has 1 N–H and O–H groups in total. The number of carbonyl (C=O) groups excluding carboxylic acids is 2. The summed E-state index contributed by atoms with van der Waals surface area (Å²) in [4.78, 5) is 27.0. The lowest BCUT2D eigenvalue weighted by Gasteiger charge is -2.25. The van der Waals surface area contributed by atoms with Crippen LogP contribution in [0.4, 0.5) is 11.4 Å². The number of rotatable bonds is 7. The van der Waals surface area contributed by atoms with Crippen molar-refractivity contribution in [1.82, 2.24) is 0 Å². The second-order valence-electron chi connectivity index (χ2n) is 8.31. The predicted molar refractivity (Wildman–Crippen MR) is 125 cm³/mol. The van der Waals surface area contributed by atoms with Crippen molar-refractivity contribution in [2.75, 3.05) is 16.0 Å². The van der Waals surface area contributed by atoms with Gasteiger partial charge in [0.05, 0.1) is 5.75 Å². The molecule has 158 valence electrons. The molecule has 0 aromatic heterocycles. The largest absolute Gasteiger partial charge is 0.326 e. The van der Waals surface area contributed by atoms with Crippen molar-refractivity contribution in [2.24, 2.45) is 5.92 Å². The minimum atomic E-state index is -0.0695. The molecule has 1 saturated heterocycles. The van der Waals surface area contributed by atoms with Gasteiger partial charge in [0.25, 0.3) is 0 Å². The van der Waals surface area contributed by atoms with Crippen molar-refractivity contribution < 1.29 is 9.59 Å². The quantitative estimate of drug-likeness (QED) is 0.601. The Morgan fingerprint density at radius 2 is 1.93 bits per heavy atom. The van der Waals surface area contributed by atoms with Gasteiger partial charge in [-0.05, 0) is 54.2 Å². The summed E-state index contributed by atoms with van der Waals surface area (Å²) in [6, 6.07) is 16.2. The lowest BCUT2D eigenvalue weighted by Crippen LogP contribution is -2.28. The third-order valence-electron chi connectivity index (χ3n) is 6.17. The summed E-state index contributed by atoms with van der Waals surface area (Å²) in [6.45, 7) is 2.12. The Morgan fingerprint density at radius 3 is 2.73 bits per heavy atom. The maximum atomic E-state index is 12.7. The van der Waals surface area contributed by atoms with E-state index in [1.165, 1.54) is 31.2 Å². The Labute approximate surface area is 183 Å². The van der Waals surface area contributed by atoms with Gasteiger partial charge in [-0.2, -0.15) is 0 Å². The number of hydrogen-bond donors (Lipinski definition) is 1. The zero-order valence-corrected chi connectivity index (χ0v) is 18.4. The van der Waals surface area contributed by atoms with Gasteiger partial charge in [-0.1, -0.05) is 56.9 Å². The monoisotopic (exact) mass is 422 g/mol. The Balaban J connectivity index is 1.46. The van der Waals surface area contributed by atoms with Crippen LogP contribution < -0.4 is 10.2 Å². The van der Waals surface area contributed by atoms with Gasteiger partial charge in [0.15, 0.2) is 0 Å². The van der Waals surface area contributed by atoms with Crippen molar-refractivity contribution in [1.29, 1.82) is 0 Å². The Bertz CT molecular complexity index is 908. The van der Waals surface area contributed by atoms with Gasteiger partial charge < -0.3 is 5.32 Å². The van der Waals surface area contributed by atoms with Gasteiger partial charge in [0.2, 0.25) is 11.8 Å². The normalized spacial score (nSPS) is 19.4. The Kier molecular flexibility index (Phi) is 6.78. The molecule has 0 spiro atoms. The van der Waals surface area contributed by atoms with Crippen LogP contribution >= 0.6 is 11.8 Å². The van der Waals surface area contributed by atoms with E-state index < -0.39 is 0 Å². The van der Waals surface area contributed by atoms with Gasteiger partial charge in [-0.25, -0.2) is 0 Å². The van der Waals surface area contributed by atoms with E-state index >= 15 is 0 Å². The molecule has 4 rings (SSSR count). The number of aryl methyl sites for hydroxylation is 1. The molecule has 1 heterocycles. The van der Waals surface area contributed by atoms with Crippen LogP contribution in [0.2, 0.25) is 0 Å². The molecule has 1 saturated carbocycles. The maximum Gasteiger partial charge on any atom is 0.238 e. The topological polar surface area (TPSA) is 49.4 Å². The Hall–Kier alpha value is -2.27. The Morgan fingerprint density at radius 1 is 1.13 bits per heavy atom. The van der Waals surface area contributed by atoms with E-state index in [-0.39, 0.29) is 17.2 Å². The molecule has 1 aliphatic carbocycles. The molecule has 1 unspecified atom stereocenters. The minimum absolute atomic E-state index is 0.0695. The molecule has 2 fully saturated rings. The van der Waals surface area contributed by atoms with Crippen LogP contribution in [-0.4, -0.2) is 17.6 Å². The first-order valence-electron chi connectivity index (χ1n) is 11.1. The molecule has 0 radical (unpaired) electrons. The molecule has 5 heteroatoms. The van der Waals surface area contributed by atoms with Crippen LogP contribution in [0.15, 0.2) is 48.5 Å². The maximum absolute atomic E-state index is 12.7. The van der Waals surface area contributed by atoms with E-state index in [4.69, 9.17) is 0 Å². The summed E-state index contributed by atoms with van der Waals surface area (Å²) in [5, 5.41) is 2.99. The van der Waals surface area contributed by atoms with Gasteiger partial charge in [-0.15, -0.1) is 11.8 Å². The van der Waals surface area contributed by atoms with Crippen LogP contribution in [0.3, 0.4) is 0 Å². The lowest BCUT2D eigenvalue weighted by molar-refractivity contribution is -0.117. The van der Waals surface area contributed by atoms with Gasteiger partial charge in [0.1, 0.15) is 5.37 Å². The van der Waals surface area contributed by atoms with Crippen LogP contribution in [0.5, 0.6) is 0 Å². The first-order chi connectivity index (χ1) is 14.6. The number of nitrogens with zero attached hydrogens (tertiary/aromatic N) is 1. The van der Waals surface area contributed by atoms with E-state index in [0.29, 0.717) is 12.2 Å². The average Bonchev–Trinajstić information content (AvgIpc) is 3.42. The molecule has 2 aliphatic rings. The fourth-order valence-corrected chi connectivity index (χ4v) is 5.67. The molecule has 4 nitrogen and oxygen atoms in total. The van der Waals surface area contributed by atoms with Crippen molar-refractivity contribution >= 4 is 35.0 Å². The fourth-order valence-electron chi connectivity index (χ4n) is 4.50.